The van der Waals surface area contributed by atoms with Gasteiger partial charge < -0.3 is 15.1 Å². The molecule has 5 heteroatoms. The van der Waals surface area contributed by atoms with Crippen LogP contribution in [-0.4, -0.2) is 36.9 Å². The van der Waals surface area contributed by atoms with E-state index in [-0.39, 0.29) is 17.7 Å². The molecular formula is C24H37N3O2. The minimum absolute atomic E-state index is 0.139. The Balaban J connectivity index is 1.81. The first-order valence-electron chi connectivity index (χ1n) is 11.4. The van der Waals surface area contributed by atoms with Crippen molar-refractivity contribution in [1.82, 2.24) is 4.90 Å². The third kappa shape index (κ3) is 5.52. The fourth-order valence-electron chi connectivity index (χ4n) is 4.86. The van der Waals surface area contributed by atoms with Crippen molar-refractivity contribution < 1.29 is 9.59 Å². The van der Waals surface area contributed by atoms with Crippen molar-refractivity contribution in [2.75, 3.05) is 24.3 Å². The predicted molar refractivity (Wildman–Crippen MR) is 119 cm³/mol. The molecule has 3 rings (SSSR count). The third-order valence-corrected chi connectivity index (χ3v) is 6.53. The van der Waals surface area contributed by atoms with Crippen molar-refractivity contribution in [2.24, 2.45) is 5.92 Å². The number of nitrogens with one attached hydrogen (secondary N) is 1. The number of anilines is 2. The molecule has 1 aromatic rings. The van der Waals surface area contributed by atoms with Gasteiger partial charge in [0.25, 0.3) is 0 Å². The zero-order valence-electron chi connectivity index (χ0n) is 18.4. The van der Waals surface area contributed by atoms with Crippen LogP contribution in [-0.2, 0) is 16.1 Å². The van der Waals surface area contributed by atoms with E-state index in [0.717, 1.165) is 55.5 Å². The summed E-state index contributed by atoms with van der Waals surface area (Å²) < 4.78 is 0. The molecule has 0 spiro atoms. The number of benzene rings is 1. The summed E-state index contributed by atoms with van der Waals surface area (Å²) in [5, 5.41) is 3.13. The summed E-state index contributed by atoms with van der Waals surface area (Å²) in [5.41, 5.74) is 3.05. The molecule has 0 bridgehead atoms. The molecule has 2 fully saturated rings. The molecule has 0 aliphatic heterocycles. The number of nitrogens with zero attached hydrogens (tertiary/aromatic N) is 2. The Labute approximate surface area is 175 Å². The molecule has 2 aliphatic carbocycles. The van der Waals surface area contributed by atoms with Gasteiger partial charge in [-0.3, -0.25) is 9.59 Å². The van der Waals surface area contributed by atoms with Crippen LogP contribution in [0.15, 0.2) is 18.2 Å². The first-order valence-corrected chi connectivity index (χ1v) is 11.4. The van der Waals surface area contributed by atoms with E-state index in [4.69, 9.17) is 0 Å². The van der Waals surface area contributed by atoms with Crippen LogP contribution >= 0.6 is 0 Å². The van der Waals surface area contributed by atoms with Gasteiger partial charge in [-0.15, -0.1) is 0 Å². The average molecular weight is 400 g/mol. The van der Waals surface area contributed by atoms with Gasteiger partial charge in [0, 0.05) is 50.4 Å². The van der Waals surface area contributed by atoms with E-state index in [2.05, 4.69) is 27.2 Å². The Morgan fingerprint density at radius 3 is 2.28 bits per heavy atom. The molecule has 0 radical (unpaired) electrons. The number of hydrogen-bond acceptors (Lipinski definition) is 3. The Morgan fingerprint density at radius 2 is 1.66 bits per heavy atom. The number of rotatable bonds is 7. The highest BCUT2D eigenvalue weighted by Gasteiger charge is 2.26. The fourth-order valence-corrected chi connectivity index (χ4v) is 4.86. The molecule has 0 unspecified atom stereocenters. The number of carbonyl (C=O) groups excluding carboxylic acids is 2. The zero-order valence-corrected chi connectivity index (χ0v) is 18.4. The maximum absolute atomic E-state index is 12.8. The van der Waals surface area contributed by atoms with Gasteiger partial charge in [0.1, 0.15) is 0 Å². The second-order valence-electron chi connectivity index (χ2n) is 8.88. The zero-order chi connectivity index (χ0) is 20.8. The normalized spacial score (nSPS) is 17.9. The second-order valence-corrected chi connectivity index (χ2v) is 8.88. The molecule has 1 N–H and O–H groups in total. The van der Waals surface area contributed by atoms with E-state index < -0.39 is 0 Å². The first-order chi connectivity index (χ1) is 14.0. The summed E-state index contributed by atoms with van der Waals surface area (Å²) in [7, 11) is 4.06. The number of carbonyl (C=O) groups is 2. The van der Waals surface area contributed by atoms with E-state index >= 15 is 0 Å². The molecule has 0 saturated heterocycles. The molecule has 0 aromatic heterocycles. The smallest absolute Gasteiger partial charge is 0.227 e. The van der Waals surface area contributed by atoms with Gasteiger partial charge in [0.2, 0.25) is 11.8 Å². The molecule has 0 heterocycles. The molecule has 5 nitrogen and oxygen atoms in total. The topological polar surface area (TPSA) is 52.7 Å². The van der Waals surface area contributed by atoms with Crippen molar-refractivity contribution in [2.45, 2.75) is 83.7 Å². The van der Waals surface area contributed by atoms with Gasteiger partial charge in [-0.1, -0.05) is 39.0 Å². The number of hydrogen-bond donors (Lipinski definition) is 1. The van der Waals surface area contributed by atoms with E-state index in [1.165, 1.54) is 19.3 Å². The lowest BCUT2D eigenvalue weighted by Gasteiger charge is -2.35. The molecule has 1 aromatic carbocycles. The van der Waals surface area contributed by atoms with E-state index in [9.17, 15) is 9.59 Å². The van der Waals surface area contributed by atoms with Crippen LogP contribution < -0.4 is 10.2 Å². The maximum atomic E-state index is 12.8. The van der Waals surface area contributed by atoms with Gasteiger partial charge in [-0.05, 0) is 49.4 Å². The van der Waals surface area contributed by atoms with Crippen molar-refractivity contribution in [3.63, 3.8) is 0 Å². The van der Waals surface area contributed by atoms with Crippen LogP contribution in [0.2, 0.25) is 0 Å². The van der Waals surface area contributed by atoms with Gasteiger partial charge in [0.15, 0.2) is 0 Å². The quantitative estimate of drug-likeness (QED) is 0.705. The van der Waals surface area contributed by atoms with Crippen LogP contribution in [0, 0.1) is 5.92 Å². The maximum Gasteiger partial charge on any atom is 0.227 e. The van der Waals surface area contributed by atoms with Crippen LogP contribution in [0.5, 0.6) is 0 Å². The summed E-state index contributed by atoms with van der Waals surface area (Å²) >= 11 is 0. The van der Waals surface area contributed by atoms with Gasteiger partial charge >= 0.3 is 0 Å². The lowest BCUT2D eigenvalue weighted by atomic mass is 9.93. The van der Waals surface area contributed by atoms with Crippen LogP contribution in [0.1, 0.15) is 76.7 Å². The van der Waals surface area contributed by atoms with Gasteiger partial charge in [-0.25, -0.2) is 0 Å². The fraction of sp³-hybridized carbons (Fsp3) is 0.667. The highest BCUT2D eigenvalue weighted by molar-refractivity contribution is 5.93. The first kappa shape index (κ1) is 21.7. The largest absolute Gasteiger partial charge is 0.377 e. The predicted octanol–water partition coefficient (Wildman–Crippen LogP) is 4.95. The SMILES string of the molecule is CCC(=O)N(Cc1cc(NC(=O)C2CCCC2)ccc1N(C)C)C1CCCCC1. The van der Waals surface area contributed by atoms with Crippen LogP contribution in [0.25, 0.3) is 0 Å². The molecule has 2 aliphatic rings. The second kappa shape index (κ2) is 10.1. The molecular weight excluding hydrogens is 362 g/mol. The lowest BCUT2D eigenvalue weighted by Crippen LogP contribution is -2.40. The van der Waals surface area contributed by atoms with Crippen molar-refractivity contribution in [1.29, 1.82) is 0 Å². The molecule has 160 valence electrons. The summed E-state index contributed by atoms with van der Waals surface area (Å²) in [6.45, 7) is 2.56. The van der Waals surface area contributed by atoms with Gasteiger partial charge in [-0.2, -0.15) is 0 Å². The number of amides is 2. The Kier molecular flexibility index (Phi) is 7.57. The Bertz CT molecular complexity index is 704. The molecule has 0 atom stereocenters. The summed E-state index contributed by atoms with van der Waals surface area (Å²) in [4.78, 5) is 29.5. The van der Waals surface area contributed by atoms with Crippen molar-refractivity contribution in [3.05, 3.63) is 23.8 Å². The Morgan fingerprint density at radius 1 is 1.00 bits per heavy atom. The van der Waals surface area contributed by atoms with Crippen molar-refractivity contribution >= 4 is 23.2 Å². The monoisotopic (exact) mass is 399 g/mol. The minimum Gasteiger partial charge on any atom is -0.377 e. The highest BCUT2D eigenvalue weighted by Crippen LogP contribution is 2.30. The lowest BCUT2D eigenvalue weighted by molar-refractivity contribution is -0.134. The highest BCUT2D eigenvalue weighted by atomic mass is 16.2. The van der Waals surface area contributed by atoms with E-state index in [1.54, 1.807) is 0 Å². The summed E-state index contributed by atoms with van der Waals surface area (Å²) in [5.74, 6) is 0.509. The van der Waals surface area contributed by atoms with E-state index in [1.807, 2.05) is 27.1 Å². The summed E-state index contributed by atoms with van der Waals surface area (Å²) in [6, 6.07) is 6.46. The third-order valence-electron chi connectivity index (χ3n) is 6.53. The van der Waals surface area contributed by atoms with Crippen LogP contribution in [0.4, 0.5) is 11.4 Å². The standard InChI is InChI=1S/C24H37N3O2/c1-4-23(28)27(21-12-6-5-7-13-21)17-19-16-20(14-15-22(19)26(2)3)25-24(29)18-10-8-9-11-18/h14-16,18,21H,4-13,17H2,1-3H3,(H,25,29). The minimum atomic E-state index is 0.139. The van der Waals surface area contributed by atoms with Crippen molar-refractivity contribution in [3.8, 4) is 0 Å². The molecule has 29 heavy (non-hydrogen) atoms. The molecule has 2 amide bonds. The Hall–Kier alpha value is -2.04. The van der Waals surface area contributed by atoms with E-state index in [0.29, 0.717) is 19.0 Å². The van der Waals surface area contributed by atoms with Crippen LogP contribution in [0.3, 0.4) is 0 Å². The molecule has 2 saturated carbocycles. The summed E-state index contributed by atoms with van der Waals surface area (Å²) in [6.07, 6.45) is 10.7. The van der Waals surface area contributed by atoms with Gasteiger partial charge in [0.05, 0.1) is 0 Å². The average Bonchev–Trinajstić information content (AvgIpc) is 3.27.